The molecule has 0 unspecified atom stereocenters. The van der Waals surface area contributed by atoms with E-state index in [9.17, 15) is 4.39 Å². The van der Waals surface area contributed by atoms with Gasteiger partial charge in [0.2, 0.25) is 0 Å². The predicted molar refractivity (Wildman–Crippen MR) is 48.8 cm³/mol. The first-order chi connectivity index (χ1) is 6.79. The zero-order chi connectivity index (χ0) is 9.97. The van der Waals surface area contributed by atoms with Crippen molar-refractivity contribution in [2.45, 2.75) is 0 Å². The molecular formula is C11H6FNO. The molecule has 0 aliphatic carbocycles. The largest absolute Gasteiger partial charge is 0.464 e. The first-order valence-corrected chi connectivity index (χ1v) is 4.04. The maximum atomic E-state index is 13.0. The first kappa shape index (κ1) is 8.52. The van der Waals surface area contributed by atoms with Crippen molar-refractivity contribution in [2.24, 2.45) is 0 Å². The molecule has 3 heteroatoms. The minimum atomic E-state index is -0.435. The van der Waals surface area contributed by atoms with E-state index in [1.807, 2.05) is 6.07 Å². The minimum absolute atomic E-state index is 0.288. The Morgan fingerprint density at radius 2 is 2.14 bits per heavy atom. The van der Waals surface area contributed by atoms with Crippen LogP contribution in [0.15, 0.2) is 41.0 Å². The maximum Gasteiger partial charge on any atom is 0.133 e. The van der Waals surface area contributed by atoms with Crippen LogP contribution in [0.25, 0.3) is 11.3 Å². The van der Waals surface area contributed by atoms with Gasteiger partial charge in [-0.15, -0.1) is 0 Å². The zero-order valence-electron chi connectivity index (χ0n) is 7.20. The Kier molecular flexibility index (Phi) is 2.04. The van der Waals surface area contributed by atoms with E-state index < -0.39 is 5.82 Å². The molecule has 0 fully saturated rings. The fraction of sp³-hybridized carbons (Fsp3) is 0. The Balaban J connectivity index is 2.55. The van der Waals surface area contributed by atoms with Gasteiger partial charge in [0.15, 0.2) is 0 Å². The van der Waals surface area contributed by atoms with Crippen LogP contribution >= 0.6 is 0 Å². The summed E-state index contributed by atoms with van der Waals surface area (Å²) < 4.78 is 18.1. The van der Waals surface area contributed by atoms with Crippen molar-refractivity contribution in [1.82, 2.24) is 0 Å². The van der Waals surface area contributed by atoms with Gasteiger partial charge >= 0.3 is 0 Å². The summed E-state index contributed by atoms with van der Waals surface area (Å²) in [6, 6.07) is 9.43. The van der Waals surface area contributed by atoms with E-state index in [1.165, 1.54) is 18.4 Å². The average Bonchev–Trinajstić information content (AvgIpc) is 2.69. The number of benzene rings is 1. The molecule has 0 saturated carbocycles. The fourth-order valence-electron chi connectivity index (χ4n) is 1.24. The Bertz CT molecular complexity index is 482. The lowest BCUT2D eigenvalue weighted by Crippen LogP contribution is -1.82. The van der Waals surface area contributed by atoms with Crippen LogP contribution in [0.5, 0.6) is 0 Å². The summed E-state index contributed by atoms with van der Waals surface area (Å²) in [7, 11) is 0. The molecule has 1 aromatic carbocycles. The van der Waals surface area contributed by atoms with Crippen molar-refractivity contribution in [1.29, 1.82) is 5.26 Å². The normalized spacial score (nSPS) is 9.71. The average molecular weight is 187 g/mol. The van der Waals surface area contributed by atoms with Gasteiger partial charge in [-0.25, -0.2) is 4.39 Å². The summed E-state index contributed by atoms with van der Waals surface area (Å²) in [6.45, 7) is 0. The molecule has 0 bridgehead atoms. The van der Waals surface area contributed by atoms with Crippen LogP contribution in [0.4, 0.5) is 4.39 Å². The van der Waals surface area contributed by atoms with Gasteiger partial charge in [-0.05, 0) is 30.3 Å². The summed E-state index contributed by atoms with van der Waals surface area (Å²) in [5.41, 5.74) is 0.864. The van der Waals surface area contributed by atoms with Gasteiger partial charge in [0.1, 0.15) is 11.6 Å². The van der Waals surface area contributed by atoms with E-state index in [4.69, 9.17) is 9.68 Å². The number of hydrogen-bond acceptors (Lipinski definition) is 2. The van der Waals surface area contributed by atoms with Crippen LogP contribution < -0.4 is 0 Å². The van der Waals surface area contributed by atoms with Crippen LogP contribution in [-0.2, 0) is 0 Å². The van der Waals surface area contributed by atoms with Crippen LogP contribution in [0.1, 0.15) is 5.56 Å². The molecule has 2 nitrogen and oxygen atoms in total. The van der Waals surface area contributed by atoms with E-state index in [0.717, 1.165) is 0 Å². The number of nitriles is 1. The highest BCUT2D eigenvalue weighted by Gasteiger charge is 2.04. The fourth-order valence-corrected chi connectivity index (χ4v) is 1.24. The minimum Gasteiger partial charge on any atom is -0.464 e. The van der Waals surface area contributed by atoms with E-state index >= 15 is 0 Å². The van der Waals surface area contributed by atoms with Gasteiger partial charge in [0, 0.05) is 5.56 Å². The molecule has 0 aliphatic heterocycles. The van der Waals surface area contributed by atoms with E-state index in [1.54, 1.807) is 18.2 Å². The summed E-state index contributed by atoms with van der Waals surface area (Å²) >= 11 is 0. The van der Waals surface area contributed by atoms with Gasteiger partial charge in [-0.1, -0.05) is 0 Å². The second-order valence-corrected chi connectivity index (χ2v) is 2.82. The highest BCUT2D eigenvalue weighted by molar-refractivity contribution is 5.59. The number of hydrogen-bond donors (Lipinski definition) is 0. The van der Waals surface area contributed by atoms with Crippen LogP contribution in [0.2, 0.25) is 0 Å². The molecule has 14 heavy (non-hydrogen) atoms. The van der Waals surface area contributed by atoms with Crippen molar-refractivity contribution in [2.75, 3.05) is 0 Å². The third-order valence-corrected chi connectivity index (χ3v) is 1.83. The maximum absolute atomic E-state index is 13.0. The Hall–Kier alpha value is -2.08. The lowest BCUT2D eigenvalue weighted by molar-refractivity contribution is 0.580. The quantitative estimate of drug-likeness (QED) is 0.688. The SMILES string of the molecule is N#Cc1cc(F)cc(-c2ccco2)c1. The van der Waals surface area contributed by atoms with E-state index in [-0.39, 0.29) is 5.56 Å². The molecule has 0 atom stereocenters. The highest BCUT2D eigenvalue weighted by atomic mass is 19.1. The highest BCUT2D eigenvalue weighted by Crippen LogP contribution is 2.21. The summed E-state index contributed by atoms with van der Waals surface area (Å²) in [4.78, 5) is 0. The molecular weight excluding hydrogens is 181 g/mol. The van der Waals surface area contributed by atoms with E-state index in [0.29, 0.717) is 11.3 Å². The molecule has 0 amide bonds. The molecule has 2 aromatic rings. The Morgan fingerprint density at radius 3 is 2.79 bits per heavy atom. The summed E-state index contributed by atoms with van der Waals surface area (Å²) in [6.07, 6.45) is 1.51. The molecule has 68 valence electrons. The monoisotopic (exact) mass is 187 g/mol. The van der Waals surface area contributed by atoms with Gasteiger partial charge in [-0.3, -0.25) is 0 Å². The topological polar surface area (TPSA) is 36.9 Å². The van der Waals surface area contributed by atoms with Crippen LogP contribution in [0.3, 0.4) is 0 Å². The standard InChI is InChI=1S/C11H6FNO/c12-10-5-8(7-13)4-9(6-10)11-2-1-3-14-11/h1-6H. The van der Waals surface area contributed by atoms with Gasteiger partial charge < -0.3 is 4.42 Å². The second kappa shape index (κ2) is 3.35. The molecule has 0 spiro atoms. The Morgan fingerprint density at radius 1 is 1.29 bits per heavy atom. The lowest BCUT2D eigenvalue weighted by atomic mass is 10.1. The summed E-state index contributed by atoms with van der Waals surface area (Å²) in [5, 5.41) is 8.64. The van der Waals surface area contributed by atoms with Crippen molar-refractivity contribution in [3.05, 3.63) is 48.0 Å². The van der Waals surface area contributed by atoms with E-state index in [2.05, 4.69) is 0 Å². The van der Waals surface area contributed by atoms with Gasteiger partial charge in [0.25, 0.3) is 0 Å². The van der Waals surface area contributed by atoms with Gasteiger partial charge in [-0.2, -0.15) is 5.26 Å². The molecule has 0 N–H and O–H groups in total. The molecule has 0 radical (unpaired) electrons. The number of furan rings is 1. The second-order valence-electron chi connectivity index (χ2n) is 2.82. The number of nitrogens with zero attached hydrogens (tertiary/aromatic N) is 1. The molecule has 0 aliphatic rings. The van der Waals surface area contributed by atoms with Crippen LogP contribution in [-0.4, -0.2) is 0 Å². The third-order valence-electron chi connectivity index (χ3n) is 1.83. The molecule has 0 saturated heterocycles. The van der Waals surface area contributed by atoms with Crippen LogP contribution in [0, 0.1) is 17.1 Å². The zero-order valence-corrected chi connectivity index (χ0v) is 7.20. The third kappa shape index (κ3) is 1.50. The number of rotatable bonds is 1. The van der Waals surface area contributed by atoms with Crippen molar-refractivity contribution >= 4 is 0 Å². The number of halogens is 1. The summed E-state index contributed by atoms with van der Waals surface area (Å²) in [5.74, 6) is 0.122. The van der Waals surface area contributed by atoms with Crippen molar-refractivity contribution < 1.29 is 8.81 Å². The predicted octanol–water partition coefficient (Wildman–Crippen LogP) is 2.96. The Labute approximate surface area is 80.2 Å². The lowest BCUT2D eigenvalue weighted by Gasteiger charge is -1.97. The molecule has 1 aromatic heterocycles. The van der Waals surface area contributed by atoms with Crippen molar-refractivity contribution in [3.63, 3.8) is 0 Å². The smallest absolute Gasteiger partial charge is 0.133 e. The van der Waals surface area contributed by atoms with Gasteiger partial charge in [0.05, 0.1) is 17.9 Å². The first-order valence-electron chi connectivity index (χ1n) is 4.04. The molecule has 2 rings (SSSR count). The van der Waals surface area contributed by atoms with Crippen molar-refractivity contribution in [3.8, 4) is 17.4 Å². The molecule has 1 heterocycles.